The Balaban J connectivity index is 2.24. The number of nitrogens with zero attached hydrogens (tertiary/aromatic N) is 2. The quantitative estimate of drug-likeness (QED) is 0.743. The number of carboxylic acids is 1. The van der Waals surface area contributed by atoms with Crippen molar-refractivity contribution in [1.29, 1.82) is 0 Å². The van der Waals surface area contributed by atoms with Crippen LogP contribution in [0.3, 0.4) is 0 Å². The maximum Gasteiger partial charge on any atom is 0.355 e. The molecule has 2 amide bonds. The molecule has 2 heterocycles. The van der Waals surface area contributed by atoms with Gasteiger partial charge in [0.25, 0.3) is 0 Å². The summed E-state index contributed by atoms with van der Waals surface area (Å²) in [4.78, 5) is 27.0. The first kappa shape index (κ1) is 8.95. The SMILES string of the molecule is O=C(O)c1csc(N2CCNC2=O)n1. The van der Waals surface area contributed by atoms with Gasteiger partial charge in [-0.25, -0.2) is 14.6 Å². The molecule has 0 aromatic carbocycles. The predicted octanol–water partition coefficient (Wildman–Crippen LogP) is 0.371. The van der Waals surface area contributed by atoms with Gasteiger partial charge in [-0.1, -0.05) is 0 Å². The third-order valence-electron chi connectivity index (χ3n) is 1.80. The van der Waals surface area contributed by atoms with Crippen LogP contribution in [0.5, 0.6) is 0 Å². The van der Waals surface area contributed by atoms with E-state index in [1.807, 2.05) is 0 Å². The Bertz CT molecular complexity index is 389. The summed E-state index contributed by atoms with van der Waals surface area (Å²) in [5, 5.41) is 13.1. The molecule has 0 aliphatic carbocycles. The lowest BCUT2D eigenvalue weighted by Crippen LogP contribution is -2.27. The Morgan fingerprint density at radius 3 is 3.00 bits per heavy atom. The molecule has 14 heavy (non-hydrogen) atoms. The van der Waals surface area contributed by atoms with Gasteiger partial charge in [0, 0.05) is 18.5 Å². The van der Waals surface area contributed by atoms with Crippen molar-refractivity contribution in [3.63, 3.8) is 0 Å². The van der Waals surface area contributed by atoms with Crippen LogP contribution in [0.1, 0.15) is 10.5 Å². The number of thiazole rings is 1. The molecule has 1 aromatic heterocycles. The van der Waals surface area contributed by atoms with Gasteiger partial charge < -0.3 is 10.4 Å². The number of carboxylic acid groups (broad SMARTS) is 1. The number of hydrogen-bond donors (Lipinski definition) is 2. The second kappa shape index (κ2) is 3.26. The summed E-state index contributed by atoms with van der Waals surface area (Å²) in [5.74, 6) is -1.08. The van der Waals surface area contributed by atoms with Crippen LogP contribution in [0.25, 0.3) is 0 Å². The van der Waals surface area contributed by atoms with Crippen LogP contribution in [-0.4, -0.2) is 35.2 Å². The highest BCUT2D eigenvalue weighted by Crippen LogP contribution is 2.21. The maximum absolute atomic E-state index is 11.2. The molecule has 0 spiro atoms. The zero-order valence-corrected chi connectivity index (χ0v) is 7.87. The van der Waals surface area contributed by atoms with Gasteiger partial charge in [-0.3, -0.25) is 4.90 Å². The van der Waals surface area contributed by atoms with Crippen molar-refractivity contribution in [3.05, 3.63) is 11.1 Å². The lowest BCUT2D eigenvalue weighted by Gasteiger charge is -2.08. The molecular weight excluding hydrogens is 206 g/mol. The highest BCUT2D eigenvalue weighted by molar-refractivity contribution is 7.14. The standard InChI is InChI=1S/C7H7N3O3S/c11-5(12)4-3-14-7(9-4)10-2-1-8-6(10)13/h3H,1-2H2,(H,8,13)(H,11,12). The predicted molar refractivity (Wildman–Crippen MR) is 49.8 cm³/mol. The summed E-state index contributed by atoms with van der Waals surface area (Å²) in [6.07, 6.45) is 0. The molecule has 0 radical (unpaired) electrons. The van der Waals surface area contributed by atoms with Gasteiger partial charge in [-0.15, -0.1) is 11.3 Å². The van der Waals surface area contributed by atoms with Gasteiger partial charge in [0.15, 0.2) is 10.8 Å². The highest BCUT2D eigenvalue weighted by Gasteiger charge is 2.24. The molecule has 1 aromatic rings. The minimum atomic E-state index is -1.08. The van der Waals surface area contributed by atoms with Crippen molar-refractivity contribution >= 4 is 28.5 Å². The second-order valence-electron chi connectivity index (χ2n) is 2.70. The molecule has 0 atom stereocenters. The fraction of sp³-hybridized carbons (Fsp3) is 0.286. The van der Waals surface area contributed by atoms with Crippen molar-refractivity contribution in [2.24, 2.45) is 0 Å². The number of urea groups is 1. The van der Waals surface area contributed by atoms with Crippen molar-refractivity contribution in [2.75, 3.05) is 18.0 Å². The Morgan fingerprint density at radius 2 is 2.50 bits per heavy atom. The number of amides is 2. The maximum atomic E-state index is 11.2. The number of carbonyl (C=O) groups is 2. The molecule has 2 N–H and O–H groups in total. The number of anilines is 1. The van der Waals surface area contributed by atoms with E-state index in [0.717, 1.165) is 11.3 Å². The Labute approximate surface area is 83.2 Å². The van der Waals surface area contributed by atoms with Crippen LogP contribution < -0.4 is 10.2 Å². The van der Waals surface area contributed by atoms with Gasteiger partial charge in [0.05, 0.1) is 0 Å². The summed E-state index contributed by atoms with van der Waals surface area (Å²) in [5.41, 5.74) is -0.0234. The van der Waals surface area contributed by atoms with E-state index in [1.54, 1.807) is 0 Å². The van der Waals surface area contributed by atoms with Gasteiger partial charge >= 0.3 is 12.0 Å². The molecule has 2 rings (SSSR count). The van der Waals surface area contributed by atoms with Crippen molar-refractivity contribution < 1.29 is 14.7 Å². The summed E-state index contributed by atoms with van der Waals surface area (Å²) in [7, 11) is 0. The third kappa shape index (κ3) is 1.41. The van der Waals surface area contributed by atoms with E-state index in [0.29, 0.717) is 18.2 Å². The summed E-state index contributed by atoms with van der Waals surface area (Å²) in [6.45, 7) is 1.10. The minimum absolute atomic E-state index is 0.0234. The lowest BCUT2D eigenvalue weighted by atomic mass is 10.5. The second-order valence-corrected chi connectivity index (χ2v) is 3.54. The highest BCUT2D eigenvalue weighted by atomic mass is 32.1. The van der Waals surface area contributed by atoms with Gasteiger partial charge in [0.2, 0.25) is 0 Å². The van der Waals surface area contributed by atoms with Crippen molar-refractivity contribution in [3.8, 4) is 0 Å². The number of aromatic nitrogens is 1. The monoisotopic (exact) mass is 213 g/mol. The Hall–Kier alpha value is -1.63. The first-order valence-corrected chi connectivity index (χ1v) is 4.80. The molecule has 7 heteroatoms. The molecule has 1 saturated heterocycles. The van der Waals surface area contributed by atoms with Crippen LogP contribution in [0.15, 0.2) is 5.38 Å². The Morgan fingerprint density at radius 1 is 1.71 bits per heavy atom. The molecule has 74 valence electrons. The smallest absolute Gasteiger partial charge is 0.355 e. The van der Waals surface area contributed by atoms with Crippen LogP contribution in [0, 0.1) is 0 Å². The molecule has 1 aliphatic heterocycles. The van der Waals surface area contributed by atoms with Gasteiger partial charge in [-0.2, -0.15) is 0 Å². The molecule has 6 nitrogen and oxygen atoms in total. The van der Waals surface area contributed by atoms with E-state index >= 15 is 0 Å². The van der Waals surface area contributed by atoms with E-state index in [9.17, 15) is 9.59 Å². The first-order valence-electron chi connectivity index (χ1n) is 3.92. The third-order valence-corrected chi connectivity index (χ3v) is 2.66. The molecule has 0 unspecified atom stereocenters. The fourth-order valence-corrected chi connectivity index (χ4v) is 1.96. The van der Waals surface area contributed by atoms with Gasteiger partial charge in [0.1, 0.15) is 0 Å². The summed E-state index contributed by atoms with van der Waals surface area (Å²) < 4.78 is 0. The van der Waals surface area contributed by atoms with E-state index in [-0.39, 0.29) is 11.7 Å². The van der Waals surface area contributed by atoms with Crippen LogP contribution >= 0.6 is 11.3 Å². The number of rotatable bonds is 2. The average Bonchev–Trinajstić information content (AvgIpc) is 2.71. The largest absolute Gasteiger partial charge is 0.476 e. The first-order chi connectivity index (χ1) is 6.68. The Kier molecular flexibility index (Phi) is 2.08. The average molecular weight is 213 g/mol. The number of carbonyl (C=O) groups excluding carboxylic acids is 1. The molecule has 1 aliphatic rings. The number of aromatic carboxylic acids is 1. The van der Waals surface area contributed by atoms with E-state index in [1.165, 1.54) is 10.3 Å². The zero-order chi connectivity index (χ0) is 10.1. The van der Waals surface area contributed by atoms with Crippen LogP contribution in [-0.2, 0) is 0 Å². The number of nitrogens with one attached hydrogen (secondary N) is 1. The molecular formula is C7H7N3O3S. The minimum Gasteiger partial charge on any atom is -0.476 e. The van der Waals surface area contributed by atoms with E-state index in [4.69, 9.17) is 5.11 Å². The topological polar surface area (TPSA) is 82.5 Å². The summed E-state index contributed by atoms with van der Waals surface area (Å²) in [6, 6.07) is -0.226. The molecule has 1 fully saturated rings. The normalized spacial score (nSPS) is 15.7. The molecule has 0 saturated carbocycles. The molecule has 0 bridgehead atoms. The van der Waals surface area contributed by atoms with Gasteiger partial charge in [-0.05, 0) is 0 Å². The fourth-order valence-electron chi connectivity index (χ4n) is 1.14. The van der Waals surface area contributed by atoms with Crippen molar-refractivity contribution in [1.82, 2.24) is 10.3 Å². The van der Waals surface area contributed by atoms with E-state index in [2.05, 4.69) is 10.3 Å². The van der Waals surface area contributed by atoms with Crippen LogP contribution in [0.4, 0.5) is 9.93 Å². The van der Waals surface area contributed by atoms with E-state index < -0.39 is 5.97 Å². The number of hydrogen-bond acceptors (Lipinski definition) is 4. The zero-order valence-electron chi connectivity index (χ0n) is 7.06. The lowest BCUT2D eigenvalue weighted by molar-refractivity contribution is 0.0691. The van der Waals surface area contributed by atoms with Crippen molar-refractivity contribution in [2.45, 2.75) is 0 Å². The van der Waals surface area contributed by atoms with Crippen LogP contribution in [0.2, 0.25) is 0 Å². The summed E-state index contributed by atoms with van der Waals surface area (Å²) >= 11 is 1.15.